The lowest BCUT2D eigenvalue weighted by Crippen LogP contribution is -2.11. The van der Waals surface area contributed by atoms with Crippen molar-refractivity contribution < 1.29 is 9.47 Å². The van der Waals surface area contributed by atoms with Crippen molar-refractivity contribution >= 4 is 27.3 Å². The second kappa shape index (κ2) is 5.73. The number of nitrogens with two attached hydrogens (primary N) is 1. The molecule has 1 unspecified atom stereocenters. The fourth-order valence-corrected chi connectivity index (χ4v) is 3.28. The smallest absolute Gasteiger partial charge is 0.122 e. The van der Waals surface area contributed by atoms with Crippen molar-refractivity contribution in [1.82, 2.24) is 0 Å². The molecule has 96 valence electrons. The molecule has 1 heterocycles. The number of rotatable bonds is 4. The molecule has 3 nitrogen and oxygen atoms in total. The van der Waals surface area contributed by atoms with Crippen molar-refractivity contribution in [2.24, 2.45) is 5.73 Å². The molecule has 1 aromatic carbocycles. The van der Waals surface area contributed by atoms with Gasteiger partial charge in [-0.2, -0.15) is 11.3 Å². The zero-order valence-electron chi connectivity index (χ0n) is 10.1. The van der Waals surface area contributed by atoms with E-state index in [9.17, 15) is 0 Å². The highest BCUT2D eigenvalue weighted by Crippen LogP contribution is 2.33. The van der Waals surface area contributed by atoms with Gasteiger partial charge in [0.05, 0.1) is 20.3 Å². The van der Waals surface area contributed by atoms with Gasteiger partial charge in [0.25, 0.3) is 0 Å². The van der Waals surface area contributed by atoms with E-state index >= 15 is 0 Å². The highest BCUT2D eigenvalue weighted by atomic mass is 79.9. The van der Waals surface area contributed by atoms with Crippen LogP contribution in [-0.4, -0.2) is 14.2 Å². The van der Waals surface area contributed by atoms with Gasteiger partial charge in [0.15, 0.2) is 0 Å². The van der Waals surface area contributed by atoms with Crippen LogP contribution in [-0.2, 0) is 0 Å². The minimum absolute atomic E-state index is 0.199. The fourth-order valence-electron chi connectivity index (χ4n) is 1.70. The van der Waals surface area contributed by atoms with Crippen LogP contribution in [0.15, 0.2) is 33.4 Å². The summed E-state index contributed by atoms with van der Waals surface area (Å²) in [6.45, 7) is 0. The lowest BCUT2D eigenvalue weighted by atomic mass is 10.0. The van der Waals surface area contributed by atoms with Crippen LogP contribution in [0.1, 0.15) is 17.2 Å². The second-order valence-electron chi connectivity index (χ2n) is 3.80. The average Bonchev–Trinajstić information content (AvgIpc) is 2.83. The molecule has 0 saturated carbocycles. The molecule has 0 aliphatic heterocycles. The Morgan fingerprint density at radius 3 is 2.17 bits per heavy atom. The van der Waals surface area contributed by atoms with Gasteiger partial charge in [-0.1, -0.05) is 0 Å². The number of benzene rings is 1. The van der Waals surface area contributed by atoms with E-state index in [4.69, 9.17) is 15.2 Å². The Hall–Kier alpha value is -1.04. The van der Waals surface area contributed by atoms with Crippen molar-refractivity contribution in [3.05, 3.63) is 44.6 Å². The summed E-state index contributed by atoms with van der Waals surface area (Å²) in [6.07, 6.45) is 0. The molecule has 0 aliphatic carbocycles. The molecule has 1 atom stereocenters. The Bertz CT molecular complexity index is 519. The summed E-state index contributed by atoms with van der Waals surface area (Å²) in [6, 6.07) is 5.49. The second-order valence-corrected chi connectivity index (χ2v) is 5.40. The predicted molar refractivity (Wildman–Crippen MR) is 77.6 cm³/mol. The van der Waals surface area contributed by atoms with Gasteiger partial charge in [-0.3, -0.25) is 0 Å². The summed E-state index contributed by atoms with van der Waals surface area (Å²) >= 11 is 5.12. The van der Waals surface area contributed by atoms with Gasteiger partial charge >= 0.3 is 0 Å². The number of ether oxygens (including phenoxy) is 2. The van der Waals surface area contributed by atoms with Crippen molar-refractivity contribution in [3.8, 4) is 11.5 Å². The van der Waals surface area contributed by atoms with Crippen LogP contribution in [0.4, 0.5) is 0 Å². The first-order chi connectivity index (χ1) is 8.65. The Labute approximate surface area is 119 Å². The Morgan fingerprint density at radius 1 is 1.11 bits per heavy atom. The number of halogens is 1. The third-order valence-corrected chi connectivity index (χ3v) is 4.46. The average molecular weight is 328 g/mol. The Kier molecular flexibility index (Phi) is 4.27. The number of thiophene rings is 1. The van der Waals surface area contributed by atoms with Crippen LogP contribution in [0.5, 0.6) is 11.5 Å². The molecule has 5 heteroatoms. The quantitative estimate of drug-likeness (QED) is 0.933. The van der Waals surface area contributed by atoms with E-state index in [0.29, 0.717) is 0 Å². The number of methoxy groups -OCH3 is 2. The minimum atomic E-state index is -0.199. The highest BCUT2D eigenvalue weighted by Gasteiger charge is 2.15. The standard InChI is InChI=1S/C13H14BrNO2S/c1-16-9-3-8(4-10(5-9)17-2)13(15)11-6-18-7-12(11)14/h3-7,13H,15H2,1-2H3. The summed E-state index contributed by atoms with van der Waals surface area (Å²) < 4.78 is 11.5. The van der Waals surface area contributed by atoms with Gasteiger partial charge in [-0.05, 0) is 44.6 Å². The molecular weight excluding hydrogens is 314 g/mol. The zero-order chi connectivity index (χ0) is 13.1. The maximum absolute atomic E-state index is 6.27. The summed E-state index contributed by atoms with van der Waals surface area (Å²) in [5, 5.41) is 4.06. The van der Waals surface area contributed by atoms with Gasteiger partial charge < -0.3 is 15.2 Å². The van der Waals surface area contributed by atoms with E-state index in [1.807, 2.05) is 29.0 Å². The fraction of sp³-hybridized carbons (Fsp3) is 0.231. The summed E-state index contributed by atoms with van der Waals surface area (Å²) in [5.74, 6) is 1.48. The summed E-state index contributed by atoms with van der Waals surface area (Å²) in [4.78, 5) is 0. The van der Waals surface area contributed by atoms with Crippen LogP contribution in [0.2, 0.25) is 0 Å². The summed E-state index contributed by atoms with van der Waals surface area (Å²) in [7, 11) is 3.26. The first-order valence-corrected chi connectivity index (χ1v) is 7.09. The Morgan fingerprint density at radius 2 is 1.72 bits per heavy atom. The van der Waals surface area contributed by atoms with Crippen molar-refractivity contribution in [2.75, 3.05) is 14.2 Å². The van der Waals surface area contributed by atoms with Crippen molar-refractivity contribution in [1.29, 1.82) is 0 Å². The van der Waals surface area contributed by atoms with E-state index in [1.165, 1.54) is 0 Å². The van der Waals surface area contributed by atoms with Crippen molar-refractivity contribution in [3.63, 3.8) is 0 Å². The van der Waals surface area contributed by atoms with E-state index in [1.54, 1.807) is 25.6 Å². The van der Waals surface area contributed by atoms with E-state index in [2.05, 4.69) is 15.9 Å². The molecule has 0 spiro atoms. The third-order valence-electron chi connectivity index (χ3n) is 2.71. The van der Waals surface area contributed by atoms with Gasteiger partial charge in [-0.15, -0.1) is 0 Å². The van der Waals surface area contributed by atoms with Crippen LogP contribution in [0, 0.1) is 0 Å². The van der Waals surface area contributed by atoms with Crippen LogP contribution < -0.4 is 15.2 Å². The van der Waals surface area contributed by atoms with Gasteiger partial charge in [0.2, 0.25) is 0 Å². The van der Waals surface area contributed by atoms with Crippen LogP contribution in [0.3, 0.4) is 0 Å². The molecule has 18 heavy (non-hydrogen) atoms. The Balaban J connectivity index is 2.41. The first kappa shape index (κ1) is 13.4. The largest absolute Gasteiger partial charge is 0.497 e. The highest BCUT2D eigenvalue weighted by molar-refractivity contribution is 9.10. The maximum Gasteiger partial charge on any atom is 0.122 e. The molecule has 2 N–H and O–H groups in total. The predicted octanol–water partition coefficient (Wildman–Crippen LogP) is 3.58. The molecule has 0 radical (unpaired) electrons. The number of hydrogen-bond donors (Lipinski definition) is 1. The molecule has 2 rings (SSSR count). The van der Waals surface area contributed by atoms with Crippen molar-refractivity contribution in [2.45, 2.75) is 6.04 Å². The SMILES string of the molecule is COc1cc(OC)cc(C(N)c2cscc2Br)c1. The lowest BCUT2D eigenvalue weighted by Gasteiger charge is -2.14. The van der Waals surface area contributed by atoms with Crippen LogP contribution >= 0.6 is 27.3 Å². The van der Waals surface area contributed by atoms with Gasteiger partial charge in [0.1, 0.15) is 11.5 Å². The monoisotopic (exact) mass is 327 g/mol. The molecular formula is C13H14BrNO2S. The van der Waals surface area contributed by atoms with E-state index in [0.717, 1.165) is 27.1 Å². The summed E-state index contributed by atoms with van der Waals surface area (Å²) in [5.41, 5.74) is 8.30. The third kappa shape index (κ3) is 2.68. The van der Waals surface area contributed by atoms with Gasteiger partial charge in [-0.25, -0.2) is 0 Å². The first-order valence-electron chi connectivity index (χ1n) is 5.36. The minimum Gasteiger partial charge on any atom is -0.497 e. The molecule has 0 fully saturated rings. The lowest BCUT2D eigenvalue weighted by molar-refractivity contribution is 0.393. The molecule has 1 aromatic heterocycles. The maximum atomic E-state index is 6.27. The van der Waals surface area contributed by atoms with E-state index < -0.39 is 0 Å². The molecule has 2 aromatic rings. The molecule has 0 saturated heterocycles. The van der Waals surface area contributed by atoms with Crippen LogP contribution in [0.25, 0.3) is 0 Å². The van der Waals surface area contributed by atoms with Gasteiger partial charge in [0, 0.05) is 15.9 Å². The molecule has 0 amide bonds. The van der Waals surface area contributed by atoms with E-state index in [-0.39, 0.29) is 6.04 Å². The number of hydrogen-bond acceptors (Lipinski definition) is 4. The normalized spacial score (nSPS) is 12.2. The molecule has 0 bridgehead atoms. The topological polar surface area (TPSA) is 44.5 Å². The molecule has 0 aliphatic rings. The zero-order valence-corrected chi connectivity index (χ0v) is 12.5.